The Hall–Kier alpha value is -1.52. The number of ether oxygens (including phenoxy) is 1. The smallest absolute Gasteiger partial charge is 0.265 e. The molecule has 0 fully saturated rings. The molecule has 0 heterocycles. The molecule has 0 aliphatic carbocycles. The summed E-state index contributed by atoms with van der Waals surface area (Å²) in [6.45, 7) is 1.90. The maximum Gasteiger partial charge on any atom is 0.265 e. The summed E-state index contributed by atoms with van der Waals surface area (Å²) in [5.74, 6) is 0.480. The fraction of sp³-hybridized carbons (Fsp3) is 0.188. The number of rotatable bonds is 5. The lowest BCUT2D eigenvalue weighted by atomic mass is 10.2. The van der Waals surface area contributed by atoms with Crippen LogP contribution in [0.25, 0.3) is 0 Å². The van der Waals surface area contributed by atoms with Gasteiger partial charge in [-0.25, -0.2) is 0 Å². The quantitative estimate of drug-likeness (QED) is 0.815. The summed E-state index contributed by atoms with van der Waals surface area (Å²) in [4.78, 5) is 12.3. The first-order valence-electron chi connectivity index (χ1n) is 6.57. The first kappa shape index (κ1) is 15.9. The lowest BCUT2D eigenvalue weighted by molar-refractivity contribution is -0.122. The molecule has 0 aliphatic heterocycles. The van der Waals surface area contributed by atoms with Crippen LogP contribution in [0.5, 0.6) is 5.75 Å². The van der Waals surface area contributed by atoms with Crippen molar-refractivity contribution in [3.63, 3.8) is 0 Å². The molecule has 0 aromatic heterocycles. The fourth-order valence-corrected chi connectivity index (χ4v) is 2.21. The van der Waals surface area contributed by atoms with E-state index in [4.69, 9.17) is 16.3 Å². The largest absolute Gasteiger partial charge is 0.481 e. The SMILES string of the molecule is CCC(Oc1ccccc1)C(=O)Nc1ccc(Br)c(Cl)c1. The van der Waals surface area contributed by atoms with E-state index in [2.05, 4.69) is 21.2 Å². The highest BCUT2D eigenvalue weighted by atomic mass is 79.9. The molecule has 0 radical (unpaired) electrons. The summed E-state index contributed by atoms with van der Waals surface area (Å²) < 4.78 is 6.48. The molecule has 1 atom stereocenters. The summed E-state index contributed by atoms with van der Waals surface area (Å²) in [6, 6.07) is 14.6. The van der Waals surface area contributed by atoms with E-state index in [1.54, 1.807) is 18.2 Å². The van der Waals surface area contributed by atoms with E-state index in [0.717, 1.165) is 4.47 Å². The molecule has 3 nitrogen and oxygen atoms in total. The van der Waals surface area contributed by atoms with Gasteiger partial charge in [-0.2, -0.15) is 0 Å². The topological polar surface area (TPSA) is 38.3 Å². The van der Waals surface area contributed by atoms with Crippen LogP contribution in [0.15, 0.2) is 53.0 Å². The third-order valence-corrected chi connectivity index (χ3v) is 4.10. The Morgan fingerprint density at radius 2 is 2.00 bits per heavy atom. The molecule has 0 spiro atoms. The van der Waals surface area contributed by atoms with E-state index in [1.165, 1.54) is 0 Å². The highest BCUT2D eigenvalue weighted by Crippen LogP contribution is 2.25. The Labute approximate surface area is 137 Å². The minimum Gasteiger partial charge on any atom is -0.481 e. The Morgan fingerprint density at radius 3 is 2.62 bits per heavy atom. The van der Waals surface area contributed by atoms with Crippen molar-refractivity contribution in [1.82, 2.24) is 0 Å². The van der Waals surface area contributed by atoms with Gasteiger partial charge in [-0.15, -0.1) is 0 Å². The molecule has 1 N–H and O–H groups in total. The van der Waals surface area contributed by atoms with Crippen molar-refractivity contribution in [3.05, 3.63) is 58.0 Å². The lowest BCUT2D eigenvalue weighted by Crippen LogP contribution is -2.32. The maximum absolute atomic E-state index is 12.3. The molecular formula is C16H15BrClNO2. The van der Waals surface area contributed by atoms with Crippen LogP contribution in [0.3, 0.4) is 0 Å². The summed E-state index contributed by atoms with van der Waals surface area (Å²) in [5.41, 5.74) is 0.642. The van der Waals surface area contributed by atoms with Crippen LogP contribution in [0.2, 0.25) is 5.02 Å². The van der Waals surface area contributed by atoms with Gasteiger partial charge >= 0.3 is 0 Å². The number of benzene rings is 2. The number of nitrogens with one attached hydrogen (secondary N) is 1. The average Bonchev–Trinajstić information content (AvgIpc) is 2.49. The average molecular weight is 369 g/mol. The molecule has 0 bridgehead atoms. The van der Waals surface area contributed by atoms with E-state index in [9.17, 15) is 4.79 Å². The minimum atomic E-state index is -0.546. The second kappa shape index (κ2) is 7.48. The van der Waals surface area contributed by atoms with Gasteiger partial charge in [0.25, 0.3) is 5.91 Å². The molecule has 0 aliphatic rings. The first-order valence-corrected chi connectivity index (χ1v) is 7.75. The number of halogens is 2. The van der Waals surface area contributed by atoms with Gasteiger partial charge in [-0.3, -0.25) is 4.79 Å². The third-order valence-electron chi connectivity index (χ3n) is 2.87. The molecule has 21 heavy (non-hydrogen) atoms. The Bertz CT molecular complexity index is 619. The van der Waals surface area contributed by atoms with Gasteiger partial charge in [0.05, 0.1) is 5.02 Å². The van der Waals surface area contributed by atoms with Gasteiger partial charge in [0.15, 0.2) is 6.10 Å². The van der Waals surface area contributed by atoms with Gasteiger partial charge in [0, 0.05) is 10.2 Å². The van der Waals surface area contributed by atoms with Gasteiger partial charge in [0.1, 0.15) is 5.75 Å². The zero-order valence-corrected chi connectivity index (χ0v) is 13.8. The van der Waals surface area contributed by atoms with E-state index < -0.39 is 6.10 Å². The highest BCUT2D eigenvalue weighted by molar-refractivity contribution is 9.10. The number of hydrogen-bond acceptors (Lipinski definition) is 2. The molecule has 2 aromatic carbocycles. The van der Waals surface area contributed by atoms with Crippen LogP contribution in [0, 0.1) is 0 Å². The van der Waals surface area contributed by atoms with E-state index in [-0.39, 0.29) is 5.91 Å². The molecule has 0 saturated carbocycles. The van der Waals surface area contributed by atoms with Crippen LogP contribution in [-0.2, 0) is 4.79 Å². The zero-order valence-electron chi connectivity index (χ0n) is 11.5. The number of hydrogen-bond donors (Lipinski definition) is 1. The lowest BCUT2D eigenvalue weighted by Gasteiger charge is -2.17. The fourth-order valence-electron chi connectivity index (χ4n) is 1.78. The van der Waals surface area contributed by atoms with Crippen molar-refractivity contribution in [2.75, 3.05) is 5.32 Å². The van der Waals surface area contributed by atoms with E-state index in [1.807, 2.05) is 37.3 Å². The molecule has 0 saturated heterocycles. The van der Waals surface area contributed by atoms with Gasteiger partial charge in [-0.05, 0) is 52.7 Å². The van der Waals surface area contributed by atoms with Gasteiger partial charge < -0.3 is 10.1 Å². The molecule has 1 unspecified atom stereocenters. The summed E-state index contributed by atoms with van der Waals surface area (Å²) in [7, 11) is 0. The molecule has 2 rings (SSSR count). The van der Waals surface area contributed by atoms with Crippen molar-refractivity contribution in [3.8, 4) is 5.75 Å². The Balaban J connectivity index is 2.04. The van der Waals surface area contributed by atoms with E-state index >= 15 is 0 Å². The van der Waals surface area contributed by atoms with Crippen molar-refractivity contribution >= 4 is 39.1 Å². The summed E-state index contributed by atoms with van der Waals surface area (Å²) in [5, 5.41) is 3.36. The standard InChI is InChI=1S/C16H15BrClNO2/c1-2-15(21-12-6-4-3-5-7-12)16(20)19-11-8-9-13(17)14(18)10-11/h3-10,15H,2H2,1H3,(H,19,20). The molecule has 5 heteroatoms. The van der Waals surface area contributed by atoms with Crippen molar-refractivity contribution in [2.24, 2.45) is 0 Å². The number of carbonyl (C=O) groups is 1. The van der Waals surface area contributed by atoms with Crippen LogP contribution < -0.4 is 10.1 Å². The molecule has 1 amide bonds. The van der Waals surface area contributed by atoms with Crippen molar-refractivity contribution in [2.45, 2.75) is 19.4 Å². The highest BCUT2D eigenvalue weighted by Gasteiger charge is 2.18. The molecular weight excluding hydrogens is 354 g/mol. The van der Waals surface area contributed by atoms with Crippen molar-refractivity contribution in [1.29, 1.82) is 0 Å². The van der Waals surface area contributed by atoms with Gasteiger partial charge in [0.2, 0.25) is 0 Å². The summed E-state index contributed by atoms with van der Waals surface area (Å²) in [6.07, 6.45) is 0.0279. The molecule has 110 valence electrons. The van der Waals surface area contributed by atoms with Crippen LogP contribution >= 0.6 is 27.5 Å². The van der Waals surface area contributed by atoms with Crippen LogP contribution in [0.1, 0.15) is 13.3 Å². The first-order chi connectivity index (χ1) is 10.1. The monoisotopic (exact) mass is 367 g/mol. The Kier molecular flexibility index (Phi) is 5.65. The predicted molar refractivity (Wildman–Crippen MR) is 88.9 cm³/mol. The van der Waals surface area contributed by atoms with Gasteiger partial charge in [-0.1, -0.05) is 36.7 Å². The minimum absolute atomic E-state index is 0.195. The van der Waals surface area contributed by atoms with E-state index in [0.29, 0.717) is 22.9 Å². The normalized spacial score (nSPS) is 11.8. The molecule has 2 aromatic rings. The number of anilines is 1. The second-order valence-corrected chi connectivity index (χ2v) is 5.71. The number of amides is 1. The van der Waals surface area contributed by atoms with Crippen LogP contribution in [0.4, 0.5) is 5.69 Å². The summed E-state index contributed by atoms with van der Waals surface area (Å²) >= 11 is 9.32. The zero-order chi connectivity index (χ0) is 15.2. The van der Waals surface area contributed by atoms with Crippen LogP contribution in [-0.4, -0.2) is 12.0 Å². The third kappa shape index (κ3) is 4.48. The number of para-hydroxylation sites is 1. The second-order valence-electron chi connectivity index (χ2n) is 4.45. The maximum atomic E-state index is 12.3. The number of carbonyl (C=O) groups excluding carboxylic acids is 1. The Morgan fingerprint density at radius 1 is 1.29 bits per heavy atom. The predicted octanol–water partition coefficient (Wildman–Crippen LogP) is 4.90. The van der Waals surface area contributed by atoms with Crippen molar-refractivity contribution < 1.29 is 9.53 Å².